The number of amides is 3. The van der Waals surface area contributed by atoms with E-state index in [1.165, 1.54) is 0 Å². The van der Waals surface area contributed by atoms with Crippen LogP contribution in [0, 0.1) is 5.92 Å². The molecule has 9 nitrogen and oxygen atoms in total. The van der Waals surface area contributed by atoms with Crippen LogP contribution in [0.3, 0.4) is 0 Å². The van der Waals surface area contributed by atoms with Gasteiger partial charge in [0.15, 0.2) is 5.78 Å². The number of hydrogen-bond donors (Lipinski definition) is 4. The maximum atomic E-state index is 13.4. The molecule has 1 aliphatic rings. The van der Waals surface area contributed by atoms with Crippen LogP contribution in [0.1, 0.15) is 91.5 Å². The number of carbonyl (C=O) groups is 4. The molecule has 1 saturated heterocycles. The van der Waals surface area contributed by atoms with E-state index in [-0.39, 0.29) is 36.0 Å². The number of rotatable bonds is 18. The summed E-state index contributed by atoms with van der Waals surface area (Å²) in [6.45, 7) is 10.0. The zero-order valence-electron chi connectivity index (χ0n) is 24.3. The molecule has 0 aromatic heterocycles. The lowest BCUT2D eigenvalue weighted by molar-refractivity contribution is -0.132. The van der Waals surface area contributed by atoms with E-state index in [0.29, 0.717) is 31.6 Å². The number of nitrogens with one attached hydrogen (secondary N) is 3. The molecular weight excluding hydrogens is 496 g/mol. The molecule has 218 valence electrons. The smallest absolute Gasteiger partial charge is 0.243 e. The fourth-order valence-corrected chi connectivity index (χ4v) is 4.66. The summed E-state index contributed by atoms with van der Waals surface area (Å²) in [6.07, 6.45) is 5.88. The average Bonchev–Trinajstić information content (AvgIpc) is 3.64. The van der Waals surface area contributed by atoms with E-state index in [9.17, 15) is 19.2 Å². The number of nitrogens with two attached hydrogens (primary N) is 1. The molecule has 9 heteroatoms. The molecule has 0 aliphatic carbocycles. The lowest BCUT2D eigenvalue weighted by Crippen LogP contribution is -2.55. The second-order valence-corrected chi connectivity index (χ2v) is 11.2. The Bertz CT molecular complexity index is 961. The predicted octanol–water partition coefficient (Wildman–Crippen LogP) is 3.44. The summed E-state index contributed by atoms with van der Waals surface area (Å²) in [5.41, 5.74) is 6.58. The SMILES string of the molecule is CCCCCC(=O)N[C@@H](Cc1ccc(N)cc1)C(=O)N[C@@H](CCCC)C(=O)NC(C)C[C@H](C)C(=O)[C@@]1(C)CO1. The number of Topliss-reactive ketones (excluding diaryl/α,β-unsaturated/α-hetero) is 1. The van der Waals surface area contributed by atoms with Gasteiger partial charge in [-0.1, -0.05) is 58.6 Å². The van der Waals surface area contributed by atoms with E-state index >= 15 is 0 Å². The van der Waals surface area contributed by atoms with Crippen molar-refractivity contribution in [2.75, 3.05) is 12.3 Å². The van der Waals surface area contributed by atoms with Crippen molar-refractivity contribution < 1.29 is 23.9 Å². The van der Waals surface area contributed by atoms with Crippen LogP contribution in [0.15, 0.2) is 24.3 Å². The molecular formula is C30H48N4O5. The van der Waals surface area contributed by atoms with E-state index in [0.717, 1.165) is 37.7 Å². The van der Waals surface area contributed by atoms with Crippen molar-refractivity contribution in [1.29, 1.82) is 0 Å². The van der Waals surface area contributed by atoms with Gasteiger partial charge in [-0.15, -0.1) is 0 Å². The number of benzene rings is 1. The third kappa shape index (κ3) is 11.0. The molecule has 5 atom stereocenters. The minimum Gasteiger partial charge on any atom is -0.399 e. The molecule has 1 aromatic carbocycles. The summed E-state index contributed by atoms with van der Waals surface area (Å²) < 4.78 is 5.27. The molecule has 1 aromatic rings. The van der Waals surface area contributed by atoms with Crippen LogP contribution >= 0.6 is 0 Å². The van der Waals surface area contributed by atoms with Gasteiger partial charge in [0.25, 0.3) is 0 Å². The zero-order valence-corrected chi connectivity index (χ0v) is 24.3. The monoisotopic (exact) mass is 544 g/mol. The highest BCUT2D eigenvalue weighted by Crippen LogP contribution is 2.31. The van der Waals surface area contributed by atoms with Gasteiger partial charge >= 0.3 is 0 Å². The number of epoxide rings is 1. The molecule has 5 N–H and O–H groups in total. The fraction of sp³-hybridized carbons (Fsp3) is 0.667. The number of ketones is 1. The topological polar surface area (TPSA) is 143 Å². The lowest BCUT2D eigenvalue weighted by atomic mass is 9.91. The lowest BCUT2D eigenvalue weighted by Gasteiger charge is -2.25. The number of unbranched alkanes of at least 4 members (excludes halogenated alkanes) is 3. The van der Waals surface area contributed by atoms with E-state index in [1.54, 1.807) is 19.1 Å². The van der Waals surface area contributed by atoms with Crippen molar-refractivity contribution in [2.45, 2.75) is 116 Å². The maximum Gasteiger partial charge on any atom is 0.243 e. The molecule has 1 aliphatic heterocycles. The third-order valence-electron chi connectivity index (χ3n) is 7.20. The summed E-state index contributed by atoms with van der Waals surface area (Å²) in [4.78, 5) is 51.8. The van der Waals surface area contributed by atoms with Crippen LogP contribution in [0.25, 0.3) is 0 Å². The zero-order chi connectivity index (χ0) is 29.0. The normalized spacial score (nSPS) is 19.3. The number of ether oxygens (including phenoxy) is 1. The highest BCUT2D eigenvalue weighted by molar-refractivity contribution is 5.93. The molecule has 39 heavy (non-hydrogen) atoms. The largest absolute Gasteiger partial charge is 0.399 e. The first-order chi connectivity index (χ1) is 18.5. The molecule has 1 heterocycles. The Morgan fingerprint density at radius 1 is 0.923 bits per heavy atom. The molecule has 3 amide bonds. The van der Waals surface area contributed by atoms with Crippen LogP contribution < -0.4 is 21.7 Å². The minimum absolute atomic E-state index is 0.0413. The van der Waals surface area contributed by atoms with Crippen molar-refractivity contribution in [3.05, 3.63) is 29.8 Å². The molecule has 2 rings (SSSR count). The Morgan fingerprint density at radius 2 is 1.54 bits per heavy atom. The summed E-state index contributed by atoms with van der Waals surface area (Å²) >= 11 is 0. The maximum absolute atomic E-state index is 13.4. The van der Waals surface area contributed by atoms with Crippen LogP contribution in [0.4, 0.5) is 5.69 Å². The van der Waals surface area contributed by atoms with Crippen LogP contribution in [0.5, 0.6) is 0 Å². The first-order valence-electron chi connectivity index (χ1n) is 14.4. The highest BCUT2D eigenvalue weighted by Gasteiger charge is 2.48. The van der Waals surface area contributed by atoms with Gasteiger partial charge in [0.1, 0.15) is 17.7 Å². The van der Waals surface area contributed by atoms with Gasteiger partial charge in [-0.05, 0) is 50.8 Å². The van der Waals surface area contributed by atoms with Crippen molar-refractivity contribution >= 4 is 29.2 Å². The number of nitrogen functional groups attached to an aromatic ring is 1. The van der Waals surface area contributed by atoms with Crippen LogP contribution in [-0.2, 0) is 30.3 Å². The van der Waals surface area contributed by atoms with E-state index in [1.807, 2.05) is 32.9 Å². The van der Waals surface area contributed by atoms with Gasteiger partial charge in [-0.3, -0.25) is 19.2 Å². The summed E-state index contributed by atoms with van der Waals surface area (Å²) in [7, 11) is 0. The molecule has 1 unspecified atom stereocenters. The van der Waals surface area contributed by atoms with Crippen molar-refractivity contribution in [3.63, 3.8) is 0 Å². The molecule has 0 saturated carbocycles. The Kier molecular flexibility index (Phi) is 12.9. The Morgan fingerprint density at radius 3 is 2.13 bits per heavy atom. The summed E-state index contributed by atoms with van der Waals surface area (Å²) in [5, 5.41) is 8.74. The molecule has 0 bridgehead atoms. The molecule has 0 radical (unpaired) electrons. The second kappa shape index (κ2) is 15.6. The van der Waals surface area contributed by atoms with Crippen molar-refractivity contribution in [3.8, 4) is 0 Å². The molecule has 1 fully saturated rings. The van der Waals surface area contributed by atoms with Crippen molar-refractivity contribution in [1.82, 2.24) is 16.0 Å². The number of carbonyl (C=O) groups excluding carboxylic acids is 4. The molecule has 0 spiro atoms. The second-order valence-electron chi connectivity index (χ2n) is 11.2. The predicted molar refractivity (Wildman–Crippen MR) is 153 cm³/mol. The highest BCUT2D eigenvalue weighted by atomic mass is 16.6. The van der Waals surface area contributed by atoms with Gasteiger partial charge < -0.3 is 26.4 Å². The number of hydrogen-bond acceptors (Lipinski definition) is 6. The van der Waals surface area contributed by atoms with Crippen LogP contribution in [0.2, 0.25) is 0 Å². The van der Waals surface area contributed by atoms with E-state index in [4.69, 9.17) is 10.5 Å². The third-order valence-corrected chi connectivity index (χ3v) is 7.20. The quantitative estimate of drug-likeness (QED) is 0.127. The van der Waals surface area contributed by atoms with Gasteiger partial charge in [-0.25, -0.2) is 0 Å². The Hall–Kier alpha value is -2.94. The average molecular weight is 545 g/mol. The first kappa shape index (κ1) is 32.3. The summed E-state index contributed by atoms with van der Waals surface area (Å²) in [5.74, 6) is -1.10. The Balaban J connectivity index is 2.07. The minimum atomic E-state index is -0.825. The van der Waals surface area contributed by atoms with Gasteiger partial charge in [-0.2, -0.15) is 0 Å². The first-order valence-corrected chi connectivity index (χ1v) is 14.4. The van der Waals surface area contributed by atoms with E-state index < -0.39 is 23.6 Å². The standard InChI is InChI=1S/C30H48N4O5/c1-6-8-10-12-26(35)33-25(18-22-13-15-23(31)16-14-22)29(38)34-24(11-9-7-2)28(37)32-21(4)17-20(3)27(36)30(5)19-39-30/h13-16,20-21,24-25H,6-12,17-19,31H2,1-5H3,(H,32,37)(H,33,35)(H,34,38)/t20-,21?,24-,25-,30+/m0/s1. The van der Waals surface area contributed by atoms with Crippen LogP contribution in [-0.4, -0.2) is 53.8 Å². The number of anilines is 1. The van der Waals surface area contributed by atoms with Gasteiger partial charge in [0, 0.05) is 30.5 Å². The van der Waals surface area contributed by atoms with Crippen molar-refractivity contribution in [2.24, 2.45) is 5.92 Å². The fourth-order valence-electron chi connectivity index (χ4n) is 4.66. The van der Waals surface area contributed by atoms with Gasteiger partial charge in [0.2, 0.25) is 17.7 Å². The van der Waals surface area contributed by atoms with Gasteiger partial charge in [0.05, 0.1) is 6.61 Å². The van der Waals surface area contributed by atoms with E-state index in [2.05, 4.69) is 22.9 Å². The summed E-state index contributed by atoms with van der Waals surface area (Å²) in [6, 6.07) is 5.34. The Labute approximate surface area is 233 Å².